The second kappa shape index (κ2) is 6.93. The zero-order valence-corrected chi connectivity index (χ0v) is 12.9. The highest BCUT2D eigenvalue weighted by Gasteiger charge is 2.09. The zero-order valence-electron chi connectivity index (χ0n) is 12.0. The minimum atomic E-state index is -0.475. The first-order valence-electron chi connectivity index (χ1n) is 6.90. The van der Waals surface area contributed by atoms with Crippen LogP contribution in [0.1, 0.15) is 5.76 Å². The molecule has 0 saturated carbocycles. The maximum atomic E-state index is 11.8. The fourth-order valence-corrected chi connectivity index (χ4v) is 2.75. The summed E-state index contributed by atoms with van der Waals surface area (Å²) >= 11 is 1.37. The van der Waals surface area contributed by atoms with Gasteiger partial charge in [0.2, 0.25) is 5.91 Å². The van der Waals surface area contributed by atoms with E-state index in [0.29, 0.717) is 10.9 Å². The number of aromatic nitrogens is 1. The molecule has 3 rings (SSSR count). The fraction of sp³-hybridized carbons (Fsp3) is 0.133. The number of carbonyl (C=O) groups excluding carboxylic acids is 2. The Bertz CT molecular complexity index is 780. The molecule has 0 saturated heterocycles. The Morgan fingerprint density at radius 3 is 2.78 bits per heavy atom. The summed E-state index contributed by atoms with van der Waals surface area (Å²) < 4.78 is 6.08. The van der Waals surface area contributed by atoms with E-state index < -0.39 is 6.03 Å². The molecule has 3 N–H and O–H groups in total. The number of amides is 3. The van der Waals surface area contributed by atoms with E-state index in [1.54, 1.807) is 12.1 Å². The molecular formula is C15H14N4O3S. The summed E-state index contributed by atoms with van der Waals surface area (Å²) in [6.45, 7) is 0.157. The fourth-order valence-electron chi connectivity index (χ4n) is 1.89. The minimum absolute atomic E-state index is 0.128. The summed E-state index contributed by atoms with van der Waals surface area (Å²) in [7, 11) is 0. The van der Waals surface area contributed by atoms with Gasteiger partial charge in [0.15, 0.2) is 5.13 Å². The summed E-state index contributed by atoms with van der Waals surface area (Å²) in [5, 5.41) is 8.22. The highest BCUT2D eigenvalue weighted by molar-refractivity contribution is 7.22. The molecule has 2 aromatic heterocycles. The van der Waals surface area contributed by atoms with Crippen molar-refractivity contribution in [2.75, 3.05) is 11.9 Å². The van der Waals surface area contributed by atoms with E-state index in [0.717, 1.165) is 10.2 Å². The number of rotatable bonds is 5. The molecule has 0 aliphatic rings. The van der Waals surface area contributed by atoms with E-state index in [2.05, 4.69) is 20.9 Å². The number of furan rings is 1. The molecule has 7 nitrogen and oxygen atoms in total. The van der Waals surface area contributed by atoms with Crippen LogP contribution in [0.2, 0.25) is 0 Å². The third kappa shape index (κ3) is 4.07. The number of urea groups is 1. The summed E-state index contributed by atoms with van der Waals surface area (Å²) in [5.41, 5.74) is 0.823. The van der Waals surface area contributed by atoms with Gasteiger partial charge in [-0.2, -0.15) is 0 Å². The number of fused-ring (bicyclic) bond motifs is 1. The number of hydrogen-bond donors (Lipinski definition) is 3. The van der Waals surface area contributed by atoms with Crippen molar-refractivity contribution < 1.29 is 14.0 Å². The second-order valence-corrected chi connectivity index (χ2v) is 5.68. The largest absolute Gasteiger partial charge is 0.467 e. The molecule has 0 unspecified atom stereocenters. The monoisotopic (exact) mass is 330 g/mol. The van der Waals surface area contributed by atoms with Gasteiger partial charge in [-0.15, -0.1) is 0 Å². The van der Waals surface area contributed by atoms with Crippen molar-refractivity contribution in [3.05, 3.63) is 48.4 Å². The Balaban J connectivity index is 1.44. The molecular weight excluding hydrogens is 316 g/mol. The Morgan fingerprint density at radius 1 is 1.13 bits per heavy atom. The molecule has 0 bridgehead atoms. The highest BCUT2D eigenvalue weighted by atomic mass is 32.1. The standard InChI is InChI=1S/C15H14N4O3S/c20-13(16-8-10-4-3-7-22-10)9-17-14(21)19-15-18-11-5-1-2-6-12(11)23-15/h1-7H,8-9H2,(H,16,20)(H2,17,18,19,21). The number of para-hydroxylation sites is 1. The first-order valence-corrected chi connectivity index (χ1v) is 7.72. The van der Waals surface area contributed by atoms with Gasteiger partial charge in [0, 0.05) is 0 Å². The summed E-state index contributed by atoms with van der Waals surface area (Å²) in [5.74, 6) is 0.345. The van der Waals surface area contributed by atoms with Crippen LogP contribution in [-0.4, -0.2) is 23.5 Å². The van der Waals surface area contributed by atoms with Crippen molar-refractivity contribution in [3.8, 4) is 0 Å². The van der Waals surface area contributed by atoms with E-state index in [4.69, 9.17) is 4.42 Å². The van der Waals surface area contributed by atoms with E-state index >= 15 is 0 Å². The average molecular weight is 330 g/mol. The highest BCUT2D eigenvalue weighted by Crippen LogP contribution is 2.25. The molecule has 8 heteroatoms. The lowest BCUT2D eigenvalue weighted by molar-refractivity contribution is -0.120. The third-order valence-electron chi connectivity index (χ3n) is 2.96. The summed E-state index contributed by atoms with van der Waals surface area (Å²) in [4.78, 5) is 27.7. The van der Waals surface area contributed by atoms with Crippen LogP contribution in [0.3, 0.4) is 0 Å². The summed E-state index contributed by atoms with van der Waals surface area (Å²) in [6.07, 6.45) is 1.53. The van der Waals surface area contributed by atoms with Crippen molar-refractivity contribution in [3.63, 3.8) is 0 Å². The molecule has 1 aromatic carbocycles. The second-order valence-electron chi connectivity index (χ2n) is 4.65. The lowest BCUT2D eigenvalue weighted by atomic mass is 10.3. The van der Waals surface area contributed by atoms with Crippen LogP contribution >= 0.6 is 11.3 Å². The number of benzene rings is 1. The quantitative estimate of drug-likeness (QED) is 0.669. The molecule has 0 fully saturated rings. The van der Waals surface area contributed by atoms with E-state index in [1.807, 2.05) is 24.3 Å². The number of hydrogen-bond acceptors (Lipinski definition) is 5. The Hall–Kier alpha value is -2.87. The summed E-state index contributed by atoms with van der Waals surface area (Å²) in [6, 6.07) is 10.6. The normalized spacial score (nSPS) is 10.4. The maximum absolute atomic E-state index is 11.8. The number of nitrogens with zero attached hydrogens (tertiary/aromatic N) is 1. The van der Waals surface area contributed by atoms with Gasteiger partial charge >= 0.3 is 6.03 Å². The van der Waals surface area contributed by atoms with Crippen LogP contribution in [0.5, 0.6) is 0 Å². The Kier molecular flexibility index (Phi) is 4.53. The minimum Gasteiger partial charge on any atom is -0.467 e. The van der Waals surface area contributed by atoms with Crippen LogP contribution in [0.15, 0.2) is 47.1 Å². The van der Waals surface area contributed by atoms with E-state index in [9.17, 15) is 9.59 Å². The average Bonchev–Trinajstić information content (AvgIpc) is 3.19. The van der Waals surface area contributed by atoms with E-state index in [-0.39, 0.29) is 19.0 Å². The van der Waals surface area contributed by atoms with Crippen molar-refractivity contribution >= 4 is 38.6 Å². The zero-order chi connectivity index (χ0) is 16.1. The number of anilines is 1. The maximum Gasteiger partial charge on any atom is 0.321 e. The SMILES string of the molecule is O=C(CNC(=O)Nc1nc2ccccc2s1)NCc1ccco1. The first kappa shape index (κ1) is 15.0. The predicted molar refractivity (Wildman–Crippen MR) is 87.2 cm³/mol. The number of carbonyl (C=O) groups is 2. The molecule has 0 radical (unpaired) electrons. The van der Waals surface area contributed by atoms with Gasteiger partial charge in [0.25, 0.3) is 0 Å². The van der Waals surface area contributed by atoms with Crippen LogP contribution < -0.4 is 16.0 Å². The van der Waals surface area contributed by atoms with Gasteiger partial charge in [-0.25, -0.2) is 9.78 Å². The van der Waals surface area contributed by atoms with Crippen molar-refractivity contribution in [1.29, 1.82) is 0 Å². The van der Waals surface area contributed by atoms with Gasteiger partial charge in [0.1, 0.15) is 5.76 Å². The molecule has 0 spiro atoms. The van der Waals surface area contributed by atoms with Gasteiger partial charge in [0.05, 0.1) is 29.6 Å². The smallest absolute Gasteiger partial charge is 0.321 e. The van der Waals surface area contributed by atoms with Gasteiger partial charge in [-0.1, -0.05) is 23.5 Å². The van der Waals surface area contributed by atoms with E-state index in [1.165, 1.54) is 17.6 Å². The molecule has 0 aliphatic carbocycles. The molecule has 0 aliphatic heterocycles. The van der Waals surface area contributed by atoms with Gasteiger partial charge in [-0.05, 0) is 24.3 Å². The third-order valence-corrected chi connectivity index (χ3v) is 3.92. The van der Waals surface area contributed by atoms with Crippen molar-refractivity contribution in [2.45, 2.75) is 6.54 Å². The predicted octanol–water partition coefficient (Wildman–Crippen LogP) is 2.33. The van der Waals surface area contributed by atoms with Crippen LogP contribution in [0, 0.1) is 0 Å². The van der Waals surface area contributed by atoms with Crippen LogP contribution in [0.4, 0.5) is 9.93 Å². The Labute approximate surface area is 135 Å². The van der Waals surface area contributed by atoms with Crippen molar-refractivity contribution in [1.82, 2.24) is 15.6 Å². The van der Waals surface area contributed by atoms with Crippen molar-refractivity contribution in [2.24, 2.45) is 0 Å². The van der Waals surface area contributed by atoms with Gasteiger partial charge < -0.3 is 15.1 Å². The van der Waals surface area contributed by atoms with Crippen LogP contribution in [0.25, 0.3) is 10.2 Å². The number of thiazole rings is 1. The molecule has 3 aromatic rings. The Morgan fingerprint density at radius 2 is 2.00 bits per heavy atom. The number of nitrogens with one attached hydrogen (secondary N) is 3. The lowest BCUT2D eigenvalue weighted by Crippen LogP contribution is -2.38. The van der Waals surface area contributed by atoms with Gasteiger partial charge in [-0.3, -0.25) is 10.1 Å². The first-order chi connectivity index (χ1) is 11.2. The molecule has 2 heterocycles. The van der Waals surface area contributed by atoms with Crippen LogP contribution in [-0.2, 0) is 11.3 Å². The topological polar surface area (TPSA) is 96.3 Å². The molecule has 0 atom stereocenters. The lowest BCUT2D eigenvalue weighted by Gasteiger charge is -2.05. The molecule has 118 valence electrons. The molecule has 3 amide bonds. The molecule has 23 heavy (non-hydrogen) atoms.